The van der Waals surface area contributed by atoms with Crippen molar-refractivity contribution in [2.24, 2.45) is 5.92 Å². The van der Waals surface area contributed by atoms with E-state index in [1.165, 1.54) is 0 Å². The van der Waals surface area contributed by atoms with Crippen molar-refractivity contribution in [1.29, 1.82) is 0 Å². The fourth-order valence-corrected chi connectivity index (χ4v) is 5.06. The van der Waals surface area contributed by atoms with Gasteiger partial charge < -0.3 is 19.1 Å². The maximum absolute atomic E-state index is 11.7. The minimum atomic E-state index is -1.18. The van der Waals surface area contributed by atoms with E-state index in [0.717, 1.165) is 63.5 Å². The fraction of sp³-hybridized carbons (Fsp3) is 0.400. The molecule has 8 nitrogen and oxygen atoms in total. The molecule has 33 heavy (non-hydrogen) atoms. The van der Waals surface area contributed by atoms with Gasteiger partial charge in [-0.3, -0.25) is 9.55 Å². The van der Waals surface area contributed by atoms with Crippen LogP contribution in [0.25, 0.3) is 28.0 Å². The summed E-state index contributed by atoms with van der Waals surface area (Å²) in [5, 5.41) is 15.8. The van der Waals surface area contributed by atoms with Gasteiger partial charge in [-0.1, -0.05) is 23.4 Å². The van der Waals surface area contributed by atoms with Crippen LogP contribution in [0.15, 0.2) is 41.2 Å². The van der Waals surface area contributed by atoms with Crippen LogP contribution in [0.5, 0.6) is 0 Å². The van der Waals surface area contributed by atoms with Crippen LogP contribution >= 0.6 is 0 Å². The van der Waals surface area contributed by atoms with Gasteiger partial charge in [0.15, 0.2) is 12.1 Å². The van der Waals surface area contributed by atoms with Gasteiger partial charge in [-0.15, -0.1) is 0 Å². The first-order chi connectivity index (χ1) is 16.0. The predicted molar refractivity (Wildman–Crippen MR) is 121 cm³/mol. The maximum Gasteiger partial charge on any atom is 0.191 e. The average molecular weight is 447 g/mol. The van der Waals surface area contributed by atoms with E-state index in [0.29, 0.717) is 13.2 Å². The number of aliphatic hydroxyl groups is 1. The number of fused-ring (bicyclic) bond motifs is 1. The largest absolute Gasteiger partial charge is 0.379 e. The first-order valence-electron chi connectivity index (χ1n) is 11.3. The van der Waals surface area contributed by atoms with Gasteiger partial charge in [0, 0.05) is 16.8 Å². The van der Waals surface area contributed by atoms with Crippen molar-refractivity contribution in [1.82, 2.24) is 19.7 Å². The van der Waals surface area contributed by atoms with Gasteiger partial charge in [-0.25, -0.2) is 4.98 Å². The zero-order valence-corrected chi connectivity index (χ0v) is 18.9. The lowest BCUT2D eigenvalue weighted by atomic mass is 9.86. The highest BCUT2D eigenvalue weighted by Gasteiger charge is 2.54. The Morgan fingerprint density at radius 2 is 1.82 bits per heavy atom. The second-order valence-corrected chi connectivity index (χ2v) is 8.96. The molecule has 0 spiro atoms. The molecule has 1 atom stereocenters. The van der Waals surface area contributed by atoms with Crippen LogP contribution in [0.3, 0.4) is 0 Å². The summed E-state index contributed by atoms with van der Waals surface area (Å²) in [6, 6.07) is 9.96. The highest BCUT2D eigenvalue weighted by Crippen LogP contribution is 2.50. The van der Waals surface area contributed by atoms with E-state index in [9.17, 15) is 5.11 Å². The van der Waals surface area contributed by atoms with E-state index in [4.69, 9.17) is 24.0 Å². The number of pyridine rings is 1. The zero-order chi connectivity index (χ0) is 22.7. The molecule has 4 heterocycles. The SMILES string of the molecule is Cc1nc(-c2cccc3c2ncn3-c2c(C)noc2C)ccc1C(O)(C1CC1)C1OCCO1. The number of hydrogen-bond acceptors (Lipinski definition) is 7. The first-order valence-corrected chi connectivity index (χ1v) is 11.3. The molecule has 4 aromatic rings. The summed E-state index contributed by atoms with van der Waals surface area (Å²) < 4.78 is 18.8. The highest BCUT2D eigenvalue weighted by molar-refractivity contribution is 5.92. The van der Waals surface area contributed by atoms with Crippen LogP contribution < -0.4 is 0 Å². The number of nitrogens with zero attached hydrogens (tertiary/aromatic N) is 4. The lowest BCUT2D eigenvalue weighted by Gasteiger charge is -2.34. The van der Waals surface area contributed by atoms with Crippen molar-refractivity contribution in [3.8, 4) is 16.9 Å². The summed E-state index contributed by atoms with van der Waals surface area (Å²) in [5.41, 5.74) is 5.60. The molecule has 3 aromatic heterocycles. The van der Waals surface area contributed by atoms with Gasteiger partial charge in [0.2, 0.25) is 0 Å². The van der Waals surface area contributed by atoms with Crippen LogP contribution in [0.1, 0.15) is 35.6 Å². The molecule has 1 N–H and O–H groups in total. The quantitative estimate of drug-likeness (QED) is 0.496. The van der Waals surface area contributed by atoms with E-state index >= 15 is 0 Å². The van der Waals surface area contributed by atoms with Gasteiger partial charge in [0.1, 0.15) is 23.3 Å². The van der Waals surface area contributed by atoms with E-state index in [1.807, 2.05) is 55.7 Å². The van der Waals surface area contributed by atoms with Crippen molar-refractivity contribution in [3.05, 3.63) is 59.4 Å². The van der Waals surface area contributed by atoms with Crippen molar-refractivity contribution in [2.45, 2.75) is 45.5 Å². The van der Waals surface area contributed by atoms with Crippen LogP contribution in [0, 0.1) is 26.7 Å². The summed E-state index contributed by atoms with van der Waals surface area (Å²) >= 11 is 0. The van der Waals surface area contributed by atoms with Gasteiger partial charge in [0.05, 0.1) is 29.9 Å². The molecule has 1 aromatic carbocycles. The lowest BCUT2D eigenvalue weighted by Crippen LogP contribution is -2.43. The number of para-hydroxylation sites is 1. The zero-order valence-electron chi connectivity index (χ0n) is 18.9. The number of imidazole rings is 1. The number of aromatic nitrogens is 4. The first kappa shape index (κ1) is 20.5. The lowest BCUT2D eigenvalue weighted by molar-refractivity contribution is -0.197. The molecule has 0 bridgehead atoms. The third-order valence-electron chi connectivity index (χ3n) is 6.79. The Kier molecular flexibility index (Phi) is 4.65. The Morgan fingerprint density at radius 3 is 2.48 bits per heavy atom. The topological polar surface area (TPSA) is 95.4 Å². The molecule has 0 radical (unpaired) electrons. The molecule has 1 saturated carbocycles. The molecule has 1 saturated heterocycles. The van der Waals surface area contributed by atoms with Crippen molar-refractivity contribution in [2.75, 3.05) is 13.2 Å². The summed E-state index contributed by atoms with van der Waals surface area (Å²) in [4.78, 5) is 9.60. The highest BCUT2D eigenvalue weighted by atomic mass is 16.7. The summed E-state index contributed by atoms with van der Waals surface area (Å²) in [6.07, 6.45) is 3.06. The molecule has 0 amide bonds. The van der Waals surface area contributed by atoms with Crippen LogP contribution in [0.2, 0.25) is 0 Å². The molecule has 170 valence electrons. The Balaban J connectivity index is 1.43. The molecular weight excluding hydrogens is 420 g/mol. The van der Waals surface area contributed by atoms with Gasteiger partial charge in [-0.05, 0) is 51.7 Å². The van der Waals surface area contributed by atoms with Crippen molar-refractivity contribution in [3.63, 3.8) is 0 Å². The van der Waals surface area contributed by atoms with Gasteiger partial charge >= 0.3 is 0 Å². The smallest absolute Gasteiger partial charge is 0.191 e. The van der Waals surface area contributed by atoms with Crippen molar-refractivity contribution < 1.29 is 19.1 Å². The Bertz CT molecular complexity index is 1330. The number of ether oxygens (including phenoxy) is 2. The third kappa shape index (κ3) is 3.13. The summed E-state index contributed by atoms with van der Waals surface area (Å²) in [7, 11) is 0. The van der Waals surface area contributed by atoms with Gasteiger partial charge in [0.25, 0.3) is 0 Å². The Labute approximate surface area is 191 Å². The molecule has 1 unspecified atom stereocenters. The van der Waals surface area contributed by atoms with E-state index in [-0.39, 0.29) is 5.92 Å². The molecule has 6 rings (SSSR count). The monoisotopic (exact) mass is 446 g/mol. The molecule has 2 fully saturated rings. The minimum absolute atomic E-state index is 0.126. The predicted octanol–water partition coefficient (Wildman–Crippen LogP) is 3.97. The minimum Gasteiger partial charge on any atom is -0.379 e. The van der Waals surface area contributed by atoms with Crippen LogP contribution in [-0.4, -0.2) is 44.3 Å². The van der Waals surface area contributed by atoms with Gasteiger partial charge in [-0.2, -0.15) is 0 Å². The molecular formula is C25H26N4O4. The number of benzene rings is 1. The van der Waals surface area contributed by atoms with E-state index in [2.05, 4.69) is 5.16 Å². The standard InChI is InChI=1S/C25H26N4O4/c1-14-19(25(30,17-7-8-17)24-31-11-12-32-24)9-10-20(27-14)18-5-4-6-21-22(18)26-13-29(21)23-15(2)28-33-16(23)3/h4-6,9-10,13,17,24,30H,7-8,11-12H2,1-3H3. The second kappa shape index (κ2) is 7.48. The second-order valence-electron chi connectivity index (χ2n) is 8.96. The third-order valence-corrected chi connectivity index (χ3v) is 6.79. The van der Waals surface area contributed by atoms with E-state index < -0.39 is 11.9 Å². The maximum atomic E-state index is 11.7. The summed E-state index contributed by atoms with van der Waals surface area (Å²) in [6.45, 7) is 6.75. The number of hydrogen-bond donors (Lipinski definition) is 1. The molecule has 2 aliphatic rings. The number of rotatable bonds is 5. The summed E-state index contributed by atoms with van der Waals surface area (Å²) in [5.74, 6) is 0.868. The Hall–Kier alpha value is -3.07. The average Bonchev–Trinajstić information content (AvgIpc) is 3.20. The van der Waals surface area contributed by atoms with Crippen LogP contribution in [0.4, 0.5) is 0 Å². The molecule has 8 heteroatoms. The molecule has 1 aliphatic carbocycles. The van der Waals surface area contributed by atoms with Crippen LogP contribution in [-0.2, 0) is 15.1 Å². The van der Waals surface area contributed by atoms with E-state index in [1.54, 1.807) is 6.33 Å². The number of aryl methyl sites for hydroxylation is 3. The Morgan fingerprint density at radius 1 is 1.03 bits per heavy atom. The fourth-order valence-electron chi connectivity index (χ4n) is 5.06. The normalized spacial score (nSPS) is 18.8. The van der Waals surface area contributed by atoms with Crippen molar-refractivity contribution >= 4 is 11.0 Å². The molecule has 1 aliphatic heterocycles.